The van der Waals surface area contributed by atoms with Gasteiger partial charge in [-0.3, -0.25) is 4.68 Å². The molecule has 0 fully saturated rings. The monoisotopic (exact) mass is 211 g/mol. The third-order valence-corrected chi connectivity index (χ3v) is 2.69. The first-order valence-corrected chi connectivity index (χ1v) is 5.27. The van der Waals surface area contributed by atoms with E-state index < -0.39 is 0 Å². The van der Waals surface area contributed by atoms with E-state index in [4.69, 9.17) is 5.26 Å². The average Bonchev–Trinajstić information content (AvgIpc) is 2.70. The zero-order valence-corrected chi connectivity index (χ0v) is 9.44. The van der Waals surface area contributed by atoms with E-state index >= 15 is 0 Å². The molecule has 2 aromatic rings. The maximum Gasteiger partial charge on any atom is 0.103 e. The number of nitrogens with zero attached hydrogens (tertiary/aromatic N) is 3. The van der Waals surface area contributed by atoms with Crippen molar-refractivity contribution in [2.24, 2.45) is 7.05 Å². The van der Waals surface area contributed by atoms with Crippen molar-refractivity contribution in [2.75, 3.05) is 0 Å². The number of aryl methyl sites for hydroxylation is 2. The van der Waals surface area contributed by atoms with E-state index in [1.54, 1.807) is 10.9 Å². The summed E-state index contributed by atoms with van der Waals surface area (Å²) in [6, 6.07) is 10.4. The molecule has 80 valence electrons. The maximum absolute atomic E-state index is 8.99. The Bertz CT molecular complexity index is 529. The molecule has 0 saturated carbocycles. The van der Waals surface area contributed by atoms with Gasteiger partial charge in [0.2, 0.25) is 0 Å². The van der Waals surface area contributed by atoms with E-state index in [1.165, 1.54) is 5.56 Å². The van der Waals surface area contributed by atoms with Gasteiger partial charge in [-0.05, 0) is 12.0 Å². The largest absolute Gasteiger partial charge is 0.267 e. The second-order valence-corrected chi connectivity index (χ2v) is 3.69. The van der Waals surface area contributed by atoms with Gasteiger partial charge in [-0.2, -0.15) is 10.4 Å². The van der Waals surface area contributed by atoms with Crippen LogP contribution in [0.25, 0.3) is 11.3 Å². The molecule has 0 bridgehead atoms. The second kappa shape index (κ2) is 4.19. The highest BCUT2D eigenvalue weighted by molar-refractivity contribution is 5.66. The fourth-order valence-electron chi connectivity index (χ4n) is 1.76. The molecule has 1 aromatic heterocycles. The zero-order valence-electron chi connectivity index (χ0n) is 9.44. The van der Waals surface area contributed by atoms with Crippen LogP contribution in [0.1, 0.15) is 18.1 Å². The van der Waals surface area contributed by atoms with Crippen molar-refractivity contribution in [2.45, 2.75) is 13.3 Å². The Hall–Kier alpha value is -2.08. The molecule has 2 rings (SSSR count). The Kier molecular flexibility index (Phi) is 2.74. The highest BCUT2D eigenvalue weighted by Gasteiger charge is 2.09. The van der Waals surface area contributed by atoms with Crippen LogP contribution in [0.15, 0.2) is 30.5 Å². The number of hydrogen-bond donors (Lipinski definition) is 0. The van der Waals surface area contributed by atoms with Gasteiger partial charge in [-0.25, -0.2) is 0 Å². The number of nitriles is 1. The van der Waals surface area contributed by atoms with Gasteiger partial charge in [0.15, 0.2) is 0 Å². The number of hydrogen-bond acceptors (Lipinski definition) is 2. The van der Waals surface area contributed by atoms with Crippen molar-refractivity contribution in [3.63, 3.8) is 0 Å². The summed E-state index contributed by atoms with van der Waals surface area (Å²) >= 11 is 0. The zero-order chi connectivity index (χ0) is 11.5. The van der Waals surface area contributed by atoms with Crippen LogP contribution in [-0.2, 0) is 13.5 Å². The first kappa shape index (κ1) is 10.4. The van der Waals surface area contributed by atoms with Crippen LogP contribution in [0.4, 0.5) is 0 Å². The molecule has 0 saturated heterocycles. The van der Waals surface area contributed by atoms with Crippen molar-refractivity contribution in [3.05, 3.63) is 41.6 Å². The van der Waals surface area contributed by atoms with E-state index in [0.717, 1.165) is 17.7 Å². The summed E-state index contributed by atoms with van der Waals surface area (Å²) in [6.45, 7) is 2.12. The van der Waals surface area contributed by atoms with Gasteiger partial charge in [0.1, 0.15) is 6.07 Å². The molecule has 0 spiro atoms. The molecule has 0 aliphatic rings. The molecule has 0 amide bonds. The number of aromatic nitrogens is 2. The van der Waals surface area contributed by atoms with Gasteiger partial charge in [-0.1, -0.05) is 31.2 Å². The Morgan fingerprint density at radius 2 is 2.00 bits per heavy atom. The van der Waals surface area contributed by atoms with E-state index in [1.807, 2.05) is 19.2 Å². The summed E-state index contributed by atoms with van der Waals surface area (Å²) in [5, 5.41) is 13.1. The highest BCUT2D eigenvalue weighted by atomic mass is 15.3. The molecule has 3 nitrogen and oxygen atoms in total. The van der Waals surface area contributed by atoms with E-state index in [9.17, 15) is 0 Å². The number of benzene rings is 1. The summed E-state index contributed by atoms with van der Waals surface area (Å²) < 4.78 is 1.74. The van der Waals surface area contributed by atoms with Gasteiger partial charge in [-0.15, -0.1) is 0 Å². The lowest BCUT2D eigenvalue weighted by molar-refractivity contribution is 0.776. The molecule has 0 unspecified atom stereocenters. The predicted molar refractivity (Wildman–Crippen MR) is 62.7 cm³/mol. The summed E-state index contributed by atoms with van der Waals surface area (Å²) in [5.41, 5.74) is 3.83. The topological polar surface area (TPSA) is 41.6 Å². The quantitative estimate of drug-likeness (QED) is 0.766. The lowest BCUT2D eigenvalue weighted by Gasteiger charge is -2.04. The minimum Gasteiger partial charge on any atom is -0.267 e. The fraction of sp³-hybridized carbons (Fsp3) is 0.231. The van der Waals surface area contributed by atoms with Crippen molar-refractivity contribution < 1.29 is 0 Å². The first-order chi connectivity index (χ1) is 7.76. The Balaban J connectivity index is 2.50. The fourth-order valence-corrected chi connectivity index (χ4v) is 1.76. The minimum absolute atomic E-state index is 0.617. The maximum atomic E-state index is 8.99. The second-order valence-electron chi connectivity index (χ2n) is 3.69. The molecule has 0 N–H and O–H groups in total. The molecule has 1 heterocycles. The van der Waals surface area contributed by atoms with Gasteiger partial charge in [0.25, 0.3) is 0 Å². The van der Waals surface area contributed by atoms with E-state index in [0.29, 0.717) is 5.56 Å². The molecular weight excluding hydrogens is 198 g/mol. The van der Waals surface area contributed by atoms with Crippen molar-refractivity contribution >= 4 is 0 Å². The van der Waals surface area contributed by atoms with Crippen molar-refractivity contribution in [1.29, 1.82) is 5.26 Å². The van der Waals surface area contributed by atoms with Gasteiger partial charge >= 0.3 is 0 Å². The summed E-state index contributed by atoms with van der Waals surface area (Å²) in [4.78, 5) is 0. The molecule has 0 atom stereocenters. The standard InChI is InChI=1S/C13H13N3/c1-3-10-4-6-11(7-5-10)13-12(8-14)9-15-16(13)2/h4-7,9H,3H2,1-2H3. The van der Waals surface area contributed by atoms with Gasteiger partial charge in [0, 0.05) is 12.6 Å². The van der Waals surface area contributed by atoms with Gasteiger partial charge < -0.3 is 0 Å². The van der Waals surface area contributed by atoms with Crippen LogP contribution >= 0.6 is 0 Å². The summed E-state index contributed by atoms with van der Waals surface area (Å²) in [7, 11) is 1.85. The molecular formula is C13H13N3. The van der Waals surface area contributed by atoms with Crippen LogP contribution in [0.3, 0.4) is 0 Å². The third-order valence-electron chi connectivity index (χ3n) is 2.69. The Morgan fingerprint density at radius 3 is 2.56 bits per heavy atom. The van der Waals surface area contributed by atoms with Crippen molar-refractivity contribution in [3.8, 4) is 17.3 Å². The molecule has 0 aliphatic carbocycles. The molecule has 1 aromatic carbocycles. The van der Waals surface area contributed by atoms with E-state index in [2.05, 4.69) is 30.2 Å². The Morgan fingerprint density at radius 1 is 1.31 bits per heavy atom. The van der Waals surface area contributed by atoms with Crippen LogP contribution in [0, 0.1) is 11.3 Å². The number of rotatable bonds is 2. The first-order valence-electron chi connectivity index (χ1n) is 5.27. The lowest BCUT2D eigenvalue weighted by Crippen LogP contribution is -1.94. The normalized spacial score (nSPS) is 10.1. The van der Waals surface area contributed by atoms with Crippen LogP contribution < -0.4 is 0 Å². The van der Waals surface area contributed by atoms with Gasteiger partial charge in [0.05, 0.1) is 17.5 Å². The van der Waals surface area contributed by atoms with E-state index in [-0.39, 0.29) is 0 Å². The molecule has 0 aliphatic heterocycles. The predicted octanol–water partition coefficient (Wildman–Crippen LogP) is 2.52. The smallest absolute Gasteiger partial charge is 0.103 e. The van der Waals surface area contributed by atoms with Crippen LogP contribution in [0.2, 0.25) is 0 Å². The lowest BCUT2D eigenvalue weighted by atomic mass is 10.1. The highest BCUT2D eigenvalue weighted by Crippen LogP contribution is 2.22. The SMILES string of the molecule is CCc1ccc(-c2c(C#N)cnn2C)cc1. The molecule has 0 radical (unpaired) electrons. The van der Waals surface area contributed by atoms with Crippen molar-refractivity contribution in [1.82, 2.24) is 9.78 Å². The minimum atomic E-state index is 0.617. The van der Waals surface area contributed by atoms with Crippen LogP contribution in [-0.4, -0.2) is 9.78 Å². The third kappa shape index (κ3) is 1.70. The van der Waals surface area contributed by atoms with Crippen LogP contribution in [0.5, 0.6) is 0 Å². The Labute approximate surface area is 94.9 Å². The molecule has 16 heavy (non-hydrogen) atoms. The average molecular weight is 211 g/mol. The summed E-state index contributed by atoms with van der Waals surface area (Å²) in [5.74, 6) is 0. The summed E-state index contributed by atoms with van der Waals surface area (Å²) in [6.07, 6.45) is 2.62. The molecule has 3 heteroatoms.